The van der Waals surface area contributed by atoms with Crippen molar-refractivity contribution < 1.29 is 33.4 Å². The number of benzene rings is 2. The first kappa shape index (κ1) is 35.6. The summed E-state index contributed by atoms with van der Waals surface area (Å²) in [5.41, 5.74) is -0.625. The summed E-state index contributed by atoms with van der Waals surface area (Å²) < 4.78 is 17.9. The highest BCUT2D eigenvalue weighted by Crippen LogP contribution is 2.24. The lowest BCUT2D eigenvalue weighted by atomic mass is 10.0. The molecule has 0 aliphatic carbocycles. The van der Waals surface area contributed by atoms with E-state index >= 15 is 0 Å². The second-order valence-corrected chi connectivity index (χ2v) is 12.4. The van der Waals surface area contributed by atoms with Gasteiger partial charge in [-0.1, -0.05) is 42.5 Å². The lowest BCUT2D eigenvalue weighted by molar-refractivity contribution is -0.131. The van der Waals surface area contributed by atoms with Crippen LogP contribution >= 0.6 is 0 Å². The van der Waals surface area contributed by atoms with E-state index in [1.54, 1.807) is 70.8 Å². The Morgan fingerprint density at radius 1 is 0.957 bits per heavy atom. The van der Waals surface area contributed by atoms with Crippen LogP contribution in [0.1, 0.15) is 51.8 Å². The predicted molar refractivity (Wildman–Crippen MR) is 172 cm³/mol. The molecule has 2 aromatic carbocycles. The van der Waals surface area contributed by atoms with Crippen molar-refractivity contribution in [1.29, 1.82) is 0 Å². The minimum atomic E-state index is -1.43. The summed E-state index contributed by atoms with van der Waals surface area (Å²) in [5.74, 6) is -0.656. The summed E-state index contributed by atoms with van der Waals surface area (Å²) in [6.45, 7) is 8.14. The number of carbonyl (C=O) groups excluding carboxylic acids is 4. The van der Waals surface area contributed by atoms with Crippen molar-refractivity contribution in [3.8, 4) is 5.75 Å². The number of hydrogen-bond acceptors (Lipinski definition) is 8. The first-order chi connectivity index (χ1) is 21.6. The molecule has 2 atom stereocenters. The molecule has 0 saturated heterocycles. The van der Waals surface area contributed by atoms with Gasteiger partial charge in [-0.25, -0.2) is 9.78 Å². The van der Waals surface area contributed by atoms with Crippen LogP contribution in [0, 0.1) is 0 Å². The minimum absolute atomic E-state index is 0.156. The minimum Gasteiger partial charge on any atom is -0.497 e. The summed E-state index contributed by atoms with van der Waals surface area (Å²) in [6.07, 6.45) is 2.20. The van der Waals surface area contributed by atoms with Crippen molar-refractivity contribution in [1.82, 2.24) is 25.1 Å². The Kier molecular flexibility index (Phi) is 11.9. The van der Waals surface area contributed by atoms with Gasteiger partial charge in [0.05, 0.1) is 26.7 Å². The standard InChI is InChI=1S/C33H44N6O7/c1-32(2,3)46-31(43)37-33(4,5)30(42)35-25(20-45-19-22-12-10-9-11-13-22)28(40)36-26-18-39(21-34-26)27(29(41)38(6)7)23-14-16-24(44-8)17-15-23/h9-18,21,25,27H,19-20H2,1-8H3,(H,35,42)(H,36,40)(H,37,43)/t25-,27?/m1/s1. The zero-order valence-electron chi connectivity index (χ0n) is 27.6. The molecule has 0 aliphatic rings. The molecule has 13 nitrogen and oxygen atoms in total. The van der Waals surface area contributed by atoms with Crippen LogP contribution in [-0.2, 0) is 30.5 Å². The quantitative estimate of drug-likeness (QED) is 0.258. The van der Waals surface area contributed by atoms with Crippen molar-refractivity contribution in [2.75, 3.05) is 33.1 Å². The third kappa shape index (κ3) is 10.3. The number of anilines is 1. The molecule has 0 spiro atoms. The molecule has 0 saturated carbocycles. The van der Waals surface area contributed by atoms with Crippen molar-refractivity contribution in [2.45, 2.75) is 64.4 Å². The molecule has 3 rings (SSSR count). The Morgan fingerprint density at radius 3 is 2.20 bits per heavy atom. The fourth-order valence-corrected chi connectivity index (χ4v) is 4.23. The summed E-state index contributed by atoms with van der Waals surface area (Å²) in [6, 6.07) is 14.5. The topological polar surface area (TPSA) is 153 Å². The SMILES string of the molecule is COc1ccc(C(C(=O)N(C)C)n2cnc(NC(=O)[C@@H](COCc3ccccc3)NC(=O)C(C)(C)NC(=O)OC(C)(C)C)c2)cc1. The number of likely N-dealkylation sites (N-methyl/N-ethyl adjacent to an activating group) is 1. The van der Waals surface area contributed by atoms with Gasteiger partial charge in [-0.05, 0) is 57.9 Å². The van der Waals surface area contributed by atoms with Crippen molar-refractivity contribution in [2.24, 2.45) is 0 Å². The van der Waals surface area contributed by atoms with Gasteiger partial charge in [0.1, 0.15) is 29.0 Å². The van der Waals surface area contributed by atoms with E-state index < -0.39 is 41.1 Å². The summed E-state index contributed by atoms with van der Waals surface area (Å²) in [4.78, 5) is 58.2. The molecule has 1 unspecified atom stereocenters. The van der Waals surface area contributed by atoms with Gasteiger partial charge in [0.2, 0.25) is 11.8 Å². The fourth-order valence-electron chi connectivity index (χ4n) is 4.23. The Morgan fingerprint density at radius 2 is 1.61 bits per heavy atom. The van der Waals surface area contributed by atoms with Crippen LogP contribution in [0.3, 0.4) is 0 Å². The normalized spacial score (nSPS) is 12.8. The molecule has 46 heavy (non-hydrogen) atoms. The number of ether oxygens (including phenoxy) is 3. The first-order valence-corrected chi connectivity index (χ1v) is 14.7. The van der Waals surface area contributed by atoms with Crippen LogP contribution in [0.15, 0.2) is 67.1 Å². The zero-order chi connectivity index (χ0) is 34.1. The van der Waals surface area contributed by atoms with E-state index in [0.29, 0.717) is 11.3 Å². The molecule has 3 N–H and O–H groups in total. The molecule has 0 radical (unpaired) electrons. The average molecular weight is 637 g/mol. The molecule has 3 aromatic rings. The molecule has 0 bridgehead atoms. The van der Waals surface area contributed by atoms with Crippen LogP contribution in [0.2, 0.25) is 0 Å². The average Bonchev–Trinajstić information content (AvgIpc) is 3.43. The van der Waals surface area contributed by atoms with Crippen molar-refractivity contribution in [3.05, 3.63) is 78.2 Å². The number of amides is 4. The van der Waals surface area contributed by atoms with Crippen molar-refractivity contribution in [3.63, 3.8) is 0 Å². The maximum absolute atomic E-state index is 13.5. The summed E-state index contributed by atoms with van der Waals surface area (Å²) >= 11 is 0. The van der Waals surface area contributed by atoms with Gasteiger partial charge in [0.25, 0.3) is 5.91 Å². The number of nitrogens with zero attached hydrogens (tertiary/aromatic N) is 3. The maximum atomic E-state index is 13.5. The van der Waals surface area contributed by atoms with Crippen molar-refractivity contribution >= 4 is 29.6 Å². The molecule has 0 fully saturated rings. The van der Waals surface area contributed by atoms with E-state index in [4.69, 9.17) is 14.2 Å². The third-order valence-electron chi connectivity index (χ3n) is 6.66. The molecule has 0 aliphatic heterocycles. The maximum Gasteiger partial charge on any atom is 0.408 e. The molecular weight excluding hydrogens is 592 g/mol. The highest BCUT2D eigenvalue weighted by Gasteiger charge is 2.35. The van der Waals surface area contributed by atoms with E-state index in [1.807, 2.05) is 30.3 Å². The number of carbonyl (C=O) groups is 4. The lowest BCUT2D eigenvalue weighted by Crippen LogP contribution is -2.59. The Hall–Kier alpha value is -4.91. The predicted octanol–water partition coefficient (Wildman–Crippen LogP) is 3.51. The number of aromatic nitrogens is 2. The molecule has 1 aromatic heterocycles. The largest absolute Gasteiger partial charge is 0.497 e. The van der Waals surface area contributed by atoms with Crippen LogP contribution < -0.4 is 20.7 Å². The fraction of sp³-hybridized carbons (Fsp3) is 0.424. The van der Waals surface area contributed by atoms with Crippen LogP contribution in [0.25, 0.3) is 0 Å². The van der Waals surface area contributed by atoms with Gasteiger partial charge in [0, 0.05) is 20.3 Å². The molecule has 4 amide bonds. The van der Waals surface area contributed by atoms with Gasteiger partial charge >= 0.3 is 6.09 Å². The van der Waals surface area contributed by atoms with Gasteiger partial charge in [-0.15, -0.1) is 0 Å². The number of alkyl carbamates (subject to hydrolysis) is 1. The van der Waals surface area contributed by atoms with E-state index in [2.05, 4.69) is 20.9 Å². The van der Waals surface area contributed by atoms with E-state index in [9.17, 15) is 19.2 Å². The zero-order valence-corrected chi connectivity index (χ0v) is 27.6. The number of hydrogen-bond donors (Lipinski definition) is 3. The van der Waals surface area contributed by atoms with Crippen LogP contribution in [0.5, 0.6) is 5.75 Å². The number of imidazole rings is 1. The van der Waals surface area contributed by atoms with Crippen LogP contribution in [-0.4, -0.2) is 83.3 Å². The van der Waals surface area contributed by atoms with Gasteiger partial charge in [-0.3, -0.25) is 14.4 Å². The Balaban J connectivity index is 1.80. The number of rotatable bonds is 13. The van der Waals surface area contributed by atoms with E-state index in [1.165, 1.54) is 31.3 Å². The van der Waals surface area contributed by atoms with Gasteiger partial charge in [-0.2, -0.15) is 0 Å². The molecule has 248 valence electrons. The summed E-state index contributed by atoms with van der Waals surface area (Å²) in [7, 11) is 4.87. The summed E-state index contributed by atoms with van der Waals surface area (Å²) in [5, 5.41) is 7.93. The van der Waals surface area contributed by atoms with E-state index in [0.717, 1.165) is 5.56 Å². The molecule has 1 heterocycles. The van der Waals surface area contributed by atoms with Gasteiger partial charge in [0.15, 0.2) is 5.82 Å². The molecule has 13 heteroatoms. The smallest absolute Gasteiger partial charge is 0.408 e. The van der Waals surface area contributed by atoms with Gasteiger partial charge < -0.3 is 39.6 Å². The second kappa shape index (κ2) is 15.4. The van der Waals surface area contributed by atoms with E-state index in [-0.39, 0.29) is 24.9 Å². The second-order valence-electron chi connectivity index (χ2n) is 12.4. The molecular formula is C33H44N6O7. The Bertz CT molecular complexity index is 1480. The monoisotopic (exact) mass is 636 g/mol. The number of nitrogens with one attached hydrogen (secondary N) is 3. The highest BCUT2D eigenvalue weighted by atomic mass is 16.6. The number of methoxy groups -OCH3 is 1. The third-order valence-corrected chi connectivity index (χ3v) is 6.66. The van der Waals surface area contributed by atoms with Crippen LogP contribution in [0.4, 0.5) is 10.6 Å². The highest BCUT2D eigenvalue weighted by molar-refractivity contribution is 5.98. The Labute approximate surface area is 269 Å². The lowest BCUT2D eigenvalue weighted by Gasteiger charge is -2.29. The first-order valence-electron chi connectivity index (χ1n) is 14.7.